The third kappa shape index (κ3) is 4.69. The summed E-state index contributed by atoms with van der Waals surface area (Å²) in [7, 11) is 0. The number of benzene rings is 6. The second kappa shape index (κ2) is 11.6. The summed E-state index contributed by atoms with van der Waals surface area (Å²) in [6, 6.07) is 56.6. The normalized spacial score (nSPS) is 11.6. The van der Waals surface area contributed by atoms with Gasteiger partial charge in [0.25, 0.3) is 0 Å². The Morgan fingerprint density at radius 1 is 0.420 bits per heavy atom. The van der Waals surface area contributed by atoms with E-state index < -0.39 is 0 Å². The number of hydrogen-bond donors (Lipinski definition) is 0. The van der Waals surface area contributed by atoms with E-state index in [1.807, 2.05) is 42.5 Å². The fourth-order valence-electron chi connectivity index (χ4n) is 6.93. The molecule has 4 aromatic heterocycles. The van der Waals surface area contributed by atoms with Gasteiger partial charge >= 0.3 is 0 Å². The first kappa shape index (κ1) is 28.5. The second-order valence-electron chi connectivity index (χ2n) is 12.3. The van der Waals surface area contributed by atoms with E-state index in [9.17, 15) is 0 Å². The maximum absolute atomic E-state index is 5.27. The topological polar surface area (TPSA) is 56.5 Å². The Hall–Kier alpha value is -6.50. The summed E-state index contributed by atoms with van der Waals surface area (Å²) < 4.78 is 3.39. The van der Waals surface area contributed by atoms with Crippen LogP contribution in [0.1, 0.15) is 0 Å². The zero-order chi connectivity index (χ0) is 33.0. The standard InChI is InChI=1S/C44H27N5S/c1-4-14-28(15-5-1)35-27-36(29-16-6-2-7-17-29)46-44(45-35)49-37-22-12-10-20-32(37)34-26-31(24-25-38(34)49)42-47-41(30-18-8-3-9-19-30)40-33-21-11-13-23-39(33)50-43(40)48-42/h1-27H. The molecule has 0 N–H and O–H groups in total. The Labute approximate surface area is 291 Å². The van der Waals surface area contributed by atoms with Gasteiger partial charge in [0, 0.05) is 48.5 Å². The van der Waals surface area contributed by atoms with Crippen molar-refractivity contribution in [3.05, 3.63) is 164 Å². The molecule has 0 saturated carbocycles. The maximum atomic E-state index is 5.27. The fourth-order valence-corrected chi connectivity index (χ4v) is 8.01. The Balaban J connectivity index is 1.20. The molecular formula is C44H27N5S. The first-order valence-electron chi connectivity index (χ1n) is 16.6. The van der Waals surface area contributed by atoms with E-state index in [-0.39, 0.29) is 0 Å². The van der Waals surface area contributed by atoms with Crippen molar-refractivity contribution in [3.63, 3.8) is 0 Å². The minimum absolute atomic E-state index is 0.624. The molecule has 5 nitrogen and oxygen atoms in total. The molecule has 0 fully saturated rings. The summed E-state index contributed by atoms with van der Waals surface area (Å²) >= 11 is 1.71. The molecule has 0 bridgehead atoms. The number of aromatic nitrogens is 5. The van der Waals surface area contributed by atoms with Crippen LogP contribution in [0.4, 0.5) is 0 Å². The van der Waals surface area contributed by atoms with Gasteiger partial charge in [0.15, 0.2) is 5.82 Å². The first-order valence-corrected chi connectivity index (χ1v) is 17.4. The lowest BCUT2D eigenvalue weighted by molar-refractivity contribution is 0.995. The second-order valence-corrected chi connectivity index (χ2v) is 13.3. The van der Waals surface area contributed by atoms with E-state index in [1.165, 1.54) is 10.1 Å². The number of nitrogens with zero attached hydrogens (tertiary/aromatic N) is 5. The van der Waals surface area contributed by atoms with Crippen LogP contribution in [0.5, 0.6) is 0 Å². The molecular weight excluding hydrogens is 631 g/mol. The van der Waals surface area contributed by atoms with Gasteiger partial charge in [-0.05, 0) is 36.4 Å². The molecule has 4 heterocycles. The molecule has 10 rings (SSSR count). The van der Waals surface area contributed by atoms with Crippen molar-refractivity contribution in [3.8, 4) is 51.1 Å². The van der Waals surface area contributed by atoms with Crippen LogP contribution < -0.4 is 0 Å². The summed E-state index contributed by atoms with van der Waals surface area (Å²) in [5.41, 5.74) is 8.86. The Morgan fingerprint density at radius 3 is 1.70 bits per heavy atom. The summed E-state index contributed by atoms with van der Waals surface area (Å²) in [6.07, 6.45) is 0. The van der Waals surface area contributed by atoms with Gasteiger partial charge in [-0.25, -0.2) is 19.9 Å². The van der Waals surface area contributed by atoms with E-state index in [1.54, 1.807) is 11.3 Å². The predicted octanol–water partition coefficient (Wildman–Crippen LogP) is 11.4. The van der Waals surface area contributed by atoms with Crippen LogP contribution in [0.2, 0.25) is 0 Å². The third-order valence-corrected chi connectivity index (χ3v) is 10.3. The van der Waals surface area contributed by atoms with Gasteiger partial charge in [-0.3, -0.25) is 4.57 Å². The number of rotatable bonds is 5. The Morgan fingerprint density at radius 2 is 1.00 bits per heavy atom. The number of hydrogen-bond acceptors (Lipinski definition) is 5. The molecule has 0 aliphatic heterocycles. The lowest BCUT2D eigenvalue weighted by Crippen LogP contribution is -2.04. The van der Waals surface area contributed by atoms with Crippen LogP contribution in [0.15, 0.2) is 164 Å². The van der Waals surface area contributed by atoms with Crippen molar-refractivity contribution in [2.45, 2.75) is 0 Å². The van der Waals surface area contributed by atoms with Crippen LogP contribution in [0.3, 0.4) is 0 Å². The quantitative estimate of drug-likeness (QED) is 0.185. The van der Waals surface area contributed by atoms with Gasteiger partial charge in [0.1, 0.15) is 4.83 Å². The molecule has 0 unspecified atom stereocenters. The minimum Gasteiger partial charge on any atom is -0.278 e. The van der Waals surface area contributed by atoms with Gasteiger partial charge in [0.2, 0.25) is 5.95 Å². The summed E-state index contributed by atoms with van der Waals surface area (Å²) in [6.45, 7) is 0. The zero-order valence-electron chi connectivity index (χ0n) is 26.7. The van der Waals surface area contributed by atoms with Crippen molar-refractivity contribution in [1.82, 2.24) is 24.5 Å². The largest absolute Gasteiger partial charge is 0.278 e. The lowest BCUT2D eigenvalue weighted by Gasteiger charge is -2.12. The zero-order valence-corrected chi connectivity index (χ0v) is 27.5. The highest BCUT2D eigenvalue weighted by Crippen LogP contribution is 2.40. The summed E-state index contributed by atoms with van der Waals surface area (Å²) in [5, 5.41) is 4.49. The van der Waals surface area contributed by atoms with Crippen LogP contribution in [-0.4, -0.2) is 24.5 Å². The van der Waals surface area contributed by atoms with Crippen LogP contribution in [0.25, 0.3) is 93.2 Å². The van der Waals surface area contributed by atoms with Crippen molar-refractivity contribution in [2.75, 3.05) is 0 Å². The molecule has 0 saturated heterocycles. The molecule has 0 amide bonds. The molecule has 50 heavy (non-hydrogen) atoms. The molecule has 0 atom stereocenters. The van der Waals surface area contributed by atoms with Gasteiger partial charge in [-0.1, -0.05) is 127 Å². The highest BCUT2D eigenvalue weighted by molar-refractivity contribution is 7.25. The van der Waals surface area contributed by atoms with Crippen molar-refractivity contribution < 1.29 is 0 Å². The van der Waals surface area contributed by atoms with Gasteiger partial charge < -0.3 is 0 Å². The Bertz CT molecular complexity index is 2800. The smallest absolute Gasteiger partial charge is 0.235 e. The molecule has 6 heteroatoms. The van der Waals surface area contributed by atoms with Crippen LogP contribution >= 0.6 is 11.3 Å². The molecule has 6 aromatic carbocycles. The monoisotopic (exact) mass is 657 g/mol. The van der Waals surface area contributed by atoms with E-state index in [0.29, 0.717) is 11.8 Å². The molecule has 0 radical (unpaired) electrons. The third-order valence-electron chi connectivity index (χ3n) is 9.27. The Kier molecular flexibility index (Phi) is 6.60. The predicted molar refractivity (Wildman–Crippen MR) is 207 cm³/mol. The average Bonchev–Trinajstić information content (AvgIpc) is 3.74. The number of para-hydroxylation sites is 1. The van der Waals surface area contributed by atoms with Crippen molar-refractivity contribution in [1.29, 1.82) is 0 Å². The molecule has 0 aliphatic carbocycles. The van der Waals surface area contributed by atoms with Crippen LogP contribution in [-0.2, 0) is 0 Å². The highest BCUT2D eigenvalue weighted by Gasteiger charge is 2.20. The maximum Gasteiger partial charge on any atom is 0.235 e. The van der Waals surface area contributed by atoms with E-state index >= 15 is 0 Å². The van der Waals surface area contributed by atoms with Gasteiger partial charge in [-0.15, -0.1) is 11.3 Å². The molecule has 234 valence electrons. The summed E-state index contributed by atoms with van der Waals surface area (Å²) in [4.78, 5) is 21.8. The lowest BCUT2D eigenvalue weighted by atomic mass is 10.0. The minimum atomic E-state index is 0.624. The molecule has 10 aromatic rings. The van der Waals surface area contributed by atoms with Gasteiger partial charge in [0.05, 0.1) is 28.1 Å². The number of thiophene rings is 1. The van der Waals surface area contributed by atoms with E-state index in [2.05, 4.69) is 126 Å². The SMILES string of the molecule is c1ccc(-c2cc(-c3ccccc3)nc(-n3c4ccccc4c4cc(-c5nc(-c6ccccc6)c6c(n5)sc5ccccc56)ccc43)n2)cc1. The van der Waals surface area contributed by atoms with Crippen molar-refractivity contribution >= 4 is 53.4 Å². The first-order chi connectivity index (χ1) is 24.8. The molecule has 0 spiro atoms. The summed E-state index contributed by atoms with van der Waals surface area (Å²) in [5.74, 6) is 1.33. The van der Waals surface area contributed by atoms with E-state index in [4.69, 9.17) is 19.9 Å². The average molecular weight is 658 g/mol. The number of fused-ring (bicyclic) bond motifs is 6. The molecule has 0 aliphatic rings. The van der Waals surface area contributed by atoms with E-state index in [0.717, 1.165) is 71.4 Å². The van der Waals surface area contributed by atoms with Crippen LogP contribution in [0, 0.1) is 0 Å². The van der Waals surface area contributed by atoms with Gasteiger partial charge in [-0.2, -0.15) is 0 Å². The van der Waals surface area contributed by atoms with Crippen molar-refractivity contribution in [2.24, 2.45) is 0 Å². The highest BCUT2D eigenvalue weighted by atomic mass is 32.1. The fraction of sp³-hybridized carbons (Fsp3) is 0.